The van der Waals surface area contributed by atoms with E-state index in [2.05, 4.69) is 23.3 Å². The van der Waals surface area contributed by atoms with Gasteiger partial charge in [-0.1, -0.05) is 19.1 Å². The second-order valence-electron chi connectivity index (χ2n) is 5.15. The summed E-state index contributed by atoms with van der Waals surface area (Å²) in [4.78, 5) is 17.6. The second kappa shape index (κ2) is 8.70. The van der Waals surface area contributed by atoms with Crippen molar-refractivity contribution in [2.45, 2.75) is 31.6 Å². The number of nitrogens with zero attached hydrogens (tertiary/aromatic N) is 2. The Kier molecular flexibility index (Phi) is 6.63. The monoisotopic (exact) mass is 345 g/mol. The molecule has 1 N–H and O–H groups in total. The van der Waals surface area contributed by atoms with E-state index < -0.39 is 0 Å². The number of benzene rings is 1. The van der Waals surface area contributed by atoms with Crippen LogP contribution in [0.3, 0.4) is 0 Å². The lowest BCUT2D eigenvalue weighted by atomic mass is 10.2. The molecule has 1 atom stereocenters. The van der Waals surface area contributed by atoms with Gasteiger partial charge >= 0.3 is 0 Å². The summed E-state index contributed by atoms with van der Waals surface area (Å²) < 4.78 is 0. The van der Waals surface area contributed by atoms with E-state index >= 15 is 0 Å². The van der Waals surface area contributed by atoms with Gasteiger partial charge in [0.1, 0.15) is 0 Å². The quantitative estimate of drug-likeness (QED) is 0.766. The van der Waals surface area contributed by atoms with E-state index in [9.17, 15) is 4.79 Å². The fraction of sp³-hybridized carbons (Fsp3) is 0.353. The smallest absolute Gasteiger partial charge is 0.230 e. The minimum Gasteiger partial charge on any atom is -0.325 e. The third kappa shape index (κ3) is 5.38. The molecule has 0 saturated heterocycles. The van der Waals surface area contributed by atoms with E-state index in [0.717, 1.165) is 27.7 Å². The highest BCUT2D eigenvalue weighted by molar-refractivity contribution is 7.99. The van der Waals surface area contributed by atoms with Gasteiger partial charge in [0.25, 0.3) is 0 Å². The first-order valence-electron chi connectivity index (χ1n) is 7.47. The molecule has 1 amide bonds. The summed E-state index contributed by atoms with van der Waals surface area (Å²) in [5.41, 5.74) is 1.60. The zero-order valence-corrected chi connectivity index (χ0v) is 14.8. The highest BCUT2D eigenvalue weighted by Crippen LogP contribution is 2.28. The van der Waals surface area contributed by atoms with E-state index in [1.807, 2.05) is 36.6 Å². The van der Waals surface area contributed by atoms with Gasteiger partial charge in [-0.15, -0.1) is 23.1 Å². The van der Waals surface area contributed by atoms with Gasteiger partial charge in [0.05, 0.1) is 34.8 Å². The number of hydrogen-bond acceptors (Lipinski definition) is 5. The maximum atomic E-state index is 12.2. The molecule has 1 aromatic heterocycles. The zero-order valence-electron chi connectivity index (χ0n) is 13.2. The fourth-order valence-corrected chi connectivity index (χ4v) is 3.60. The van der Waals surface area contributed by atoms with E-state index in [4.69, 9.17) is 5.26 Å². The number of nitrogens with one attached hydrogen (secondary N) is 1. The van der Waals surface area contributed by atoms with Gasteiger partial charge in [-0.3, -0.25) is 4.79 Å². The van der Waals surface area contributed by atoms with Crippen LogP contribution in [0, 0.1) is 17.2 Å². The summed E-state index contributed by atoms with van der Waals surface area (Å²) in [5.74, 6) is 0.612. The number of hydrogen-bond donors (Lipinski definition) is 1. The SMILES string of the molecule is CCc1nc(CC(=O)Nc2ccccc2SC[C@@H](C)C#N)cs1. The molecule has 0 fully saturated rings. The number of carbonyl (C=O) groups excluding carboxylic acids is 1. The number of aryl methyl sites for hydroxylation is 1. The molecule has 2 rings (SSSR count). The standard InChI is InChI=1S/C17H19N3OS2/c1-3-17-19-13(11-23-17)8-16(21)20-14-6-4-5-7-15(14)22-10-12(2)9-18/h4-7,11-12H,3,8,10H2,1-2H3,(H,20,21)/t12-/m0/s1. The van der Waals surface area contributed by atoms with Gasteiger partial charge in [0.15, 0.2) is 0 Å². The van der Waals surface area contributed by atoms with Crippen LogP contribution in [0.2, 0.25) is 0 Å². The molecule has 0 aliphatic rings. The van der Waals surface area contributed by atoms with Gasteiger partial charge in [-0.2, -0.15) is 5.26 Å². The zero-order chi connectivity index (χ0) is 16.7. The minimum absolute atomic E-state index is 0.0220. The average molecular weight is 345 g/mol. The fourth-order valence-electron chi connectivity index (χ4n) is 1.90. The Morgan fingerprint density at radius 3 is 2.96 bits per heavy atom. The lowest BCUT2D eigenvalue weighted by Crippen LogP contribution is -2.15. The van der Waals surface area contributed by atoms with Crippen LogP contribution in [-0.4, -0.2) is 16.6 Å². The van der Waals surface area contributed by atoms with Crippen molar-refractivity contribution < 1.29 is 4.79 Å². The topological polar surface area (TPSA) is 65.8 Å². The molecule has 1 aromatic carbocycles. The van der Waals surface area contributed by atoms with E-state index in [0.29, 0.717) is 5.75 Å². The van der Waals surface area contributed by atoms with Gasteiger partial charge in [0.2, 0.25) is 5.91 Å². The van der Waals surface area contributed by atoms with Crippen LogP contribution in [0.5, 0.6) is 0 Å². The lowest BCUT2D eigenvalue weighted by molar-refractivity contribution is -0.115. The predicted octanol–water partition coefficient (Wildman–Crippen LogP) is 4.14. The van der Waals surface area contributed by atoms with Crippen LogP contribution in [0.25, 0.3) is 0 Å². The molecule has 0 aliphatic carbocycles. The van der Waals surface area contributed by atoms with Gasteiger partial charge in [-0.25, -0.2) is 4.98 Å². The molecule has 23 heavy (non-hydrogen) atoms. The van der Waals surface area contributed by atoms with Crippen LogP contribution in [0.4, 0.5) is 5.69 Å². The highest BCUT2D eigenvalue weighted by Gasteiger charge is 2.11. The van der Waals surface area contributed by atoms with Crippen molar-refractivity contribution in [3.63, 3.8) is 0 Å². The van der Waals surface area contributed by atoms with E-state index in [1.165, 1.54) is 0 Å². The van der Waals surface area contributed by atoms with Gasteiger partial charge < -0.3 is 5.32 Å². The second-order valence-corrected chi connectivity index (χ2v) is 7.15. The average Bonchev–Trinajstić information content (AvgIpc) is 3.01. The molecule has 0 spiro atoms. The van der Waals surface area contributed by atoms with Crippen molar-refractivity contribution in [1.29, 1.82) is 5.26 Å². The predicted molar refractivity (Wildman–Crippen MR) is 95.8 cm³/mol. The molecule has 2 aromatic rings. The molecule has 6 heteroatoms. The maximum absolute atomic E-state index is 12.2. The van der Waals surface area contributed by atoms with Crippen LogP contribution < -0.4 is 5.32 Å². The number of aromatic nitrogens is 1. The Labute approximate surface area is 144 Å². The molecule has 0 unspecified atom stereocenters. The Balaban J connectivity index is 1.98. The summed E-state index contributed by atoms with van der Waals surface area (Å²) in [5, 5.41) is 14.8. The number of thiazole rings is 1. The number of nitriles is 1. The van der Waals surface area contributed by atoms with Crippen LogP contribution in [0.15, 0.2) is 34.5 Å². The molecule has 0 bridgehead atoms. The third-order valence-corrected chi connectivity index (χ3v) is 5.49. The summed E-state index contributed by atoms with van der Waals surface area (Å²) in [7, 11) is 0. The first kappa shape index (κ1) is 17.5. The molecule has 1 heterocycles. The number of para-hydroxylation sites is 1. The molecular weight excluding hydrogens is 326 g/mol. The van der Waals surface area contributed by atoms with Gasteiger partial charge in [-0.05, 0) is 25.5 Å². The molecule has 0 aliphatic heterocycles. The first-order valence-corrected chi connectivity index (χ1v) is 9.33. The van der Waals surface area contributed by atoms with Crippen molar-refractivity contribution in [2.24, 2.45) is 5.92 Å². The van der Waals surface area contributed by atoms with E-state index in [1.54, 1.807) is 23.1 Å². The molecular formula is C17H19N3OS2. The van der Waals surface area contributed by atoms with E-state index in [-0.39, 0.29) is 18.2 Å². The Morgan fingerprint density at radius 2 is 2.26 bits per heavy atom. The highest BCUT2D eigenvalue weighted by atomic mass is 32.2. The minimum atomic E-state index is -0.0701. The van der Waals surface area contributed by atoms with Crippen LogP contribution >= 0.6 is 23.1 Å². The van der Waals surface area contributed by atoms with Crippen LogP contribution in [0.1, 0.15) is 24.5 Å². The summed E-state index contributed by atoms with van der Waals surface area (Å²) >= 11 is 3.17. The summed E-state index contributed by atoms with van der Waals surface area (Å²) in [6, 6.07) is 9.89. The van der Waals surface area contributed by atoms with Crippen molar-refractivity contribution in [2.75, 3.05) is 11.1 Å². The Hall–Kier alpha value is -1.84. The van der Waals surface area contributed by atoms with Crippen molar-refractivity contribution in [1.82, 2.24) is 4.98 Å². The molecule has 0 saturated carbocycles. The summed E-state index contributed by atoms with van der Waals surface area (Å²) in [6.07, 6.45) is 1.17. The van der Waals surface area contributed by atoms with Crippen molar-refractivity contribution >= 4 is 34.7 Å². The summed E-state index contributed by atoms with van der Waals surface area (Å²) in [6.45, 7) is 3.94. The normalized spacial score (nSPS) is 11.7. The Bertz CT molecular complexity index is 706. The van der Waals surface area contributed by atoms with Gasteiger partial charge in [0, 0.05) is 16.0 Å². The van der Waals surface area contributed by atoms with Crippen molar-refractivity contribution in [3.05, 3.63) is 40.3 Å². The largest absolute Gasteiger partial charge is 0.325 e. The lowest BCUT2D eigenvalue weighted by Gasteiger charge is -2.10. The molecule has 4 nitrogen and oxygen atoms in total. The van der Waals surface area contributed by atoms with Crippen LogP contribution in [-0.2, 0) is 17.6 Å². The van der Waals surface area contributed by atoms with Crippen molar-refractivity contribution in [3.8, 4) is 6.07 Å². The third-order valence-electron chi connectivity index (χ3n) is 3.11. The first-order chi connectivity index (χ1) is 11.1. The number of thioether (sulfide) groups is 1. The number of rotatable bonds is 7. The molecule has 0 radical (unpaired) electrons. The number of anilines is 1. The number of carbonyl (C=O) groups is 1. The Morgan fingerprint density at radius 1 is 1.48 bits per heavy atom. The maximum Gasteiger partial charge on any atom is 0.230 e. The number of amides is 1. The molecule has 120 valence electrons.